The monoisotopic (exact) mass is 430 g/mol. The molecule has 1 atom stereocenters. The summed E-state index contributed by atoms with van der Waals surface area (Å²) in [6.07, 6.45) is 11.1. The molecule has 4 fully saturated rings. The highest BCUT2D eigenvalue weighted by Crippen LogP contribution is 2.66. The second kappa shape index (κ2) is 8.07. The van der Waals surface area contributed by atoms with Crippen molar-refractivity contribution in [1.82, 2.24) is 10.2 Å². The number of rotatable bonds is 5. The van der Waals surface area contributed by atoms with Gasteiger partial charge in [0.25, 0.3) is 5.91 Å². The number of carbonyl (C=O) groups excluding carboxylic acids is 2. The third kappa shape index (κ3) is 3.93. The van der Waals surface area contributed by atoms with E-state index in [-0.39, 0.29) is 18.1 Å². The Morgan fingerprint density at radius 1 is 1.07 bits per heavy atom. The molecule has 0 bridgehead atoms. The van der Waals surface area contributed by atoms with Crippen molar-refractivity contribution in [2.45, 2.75) is 76.4 Å². The van der Waals surface area contributed by atoms with Crippen LogP contribution in [-0.2, 0) is 4.79 Å². The van der Waals surface area contributed by atoms with Gasteiger partial charge in [-0.2, -0.15) is 0 Å². The average molecular weight is 431 g/mol. The van der Waals surface area contributed by atoms with Gasteiger partial charge in [-0.3, -0.25) is 9.59 Å². The molecule has 1 saturated heterocycles. The first kappa shape index (κ1) is 20.2. The number of hydrogen-bond donors (Lipinski definition) is 1. The van der Waals surface area contributed by atoms with E-state index in [1.807, 2.05) is 4.90 Å². The number of nitrogens with zero attached hydrogens (tertiary/aromatic N) is 1. The highest BCUT2D eigenvalue weighted by atomic mass is 35.5. The molecule has 2 amide bonds. The zero-order chi connectivity index (χ0) is 20.7. The van der Waals surface area contributed by atoms with Gasteiger partial charge in [0, 0.05) is 43.5 Å². The smallest absolute Gasteiger partial charge is 0.251 e. The van der Waals surface area contributed by atoms with E-state index in [4.69, 9.17) is 16.3 Å². The van der Waals surface area contributed by atoms with E-state index >= 15 is 0 Å². The molecular weight excluding hydrogens is 400 g/mol. The molecule has 3 saturated carbocycles. The van der Waals surface area contributed by atoms with E-state index in [9.17, 15) is 9.59 Å². The summed E-state index contributed by atoms with van der Waals surface area (Å²) in [6, 6.07) is 5.57. The number of nitrogens with one attached hydrogen (secondary N) is 1. The Kier molecular flexibility index (Phi) is 5.42. The van der Waals surface area contributed by atoms with Gasteiger partial charge >= 0.3 is 0 Å². The van der Waals surface area contributed by atoms with Crippen LogP contribution in [0.15, 0.2) is 18.2 Å². The summed E-state index contributed by atoms with van der Waals surface area (Å²) in [5.41, 5.74) is 0.970. The van der Waals surface area contributed by atoms with Crippen molar-refractivity contribution in [3.05, 3.63) is 28.8 Å². The van der Waals surface area contributed by atoms with Gasteiger partial charge in [-0.15, -0.1) is 0 Å². The van der Waals surface area contributed by atoms with Crippen molar-refractivity contribution >= 4 is 23.4 Å². The number of amides is 2. The first-order valence-corrected chi connectivity index (χ1v) is 12.0. The number of halogens is 1. The second-order valence-corrected chi connectivity index (χ2v) is 10.1. The summed E-state index contributed by atoms with van der Waals surface area (Å²) in [5.74, 6) is 1.21. The van der Waals surface area contributed by atoms with Crippen LogP contribution < -0.4 is 10.1 Å². The summed E-state index contributed by atoms with van der Waals surface area (Å²) >= 11 is 6.42. The lowest BCUT2D eigenvalue weighted by molar-refractivity contribution is -0.135. The third-order valence-electron chi connectivity index (χ3n) is 7.77. The maximum Gasteiger partial charge on any atom is 0.251 e. The molecule has 0 aromatic heterocycles. The Morgan fingerprint density at radius 3 is 2.40 bits per heavy atom. The van der Waals surface area contributed by atoms with Gasteiger partial charge in [0.2, 0.25) is 5.91 Å². The average Bonchev–Trinajstić information content (AvgIpc) is 3.31. The predicted molar refractivity (Wildman–Crippen MR) is 116 cm³/mol. The molecule has 6 heteroatoms. The minimum atomic E-state index is -0.0634. The molecule has 30 heavy (non-hydrogen) atoms. The predicted octanol–water partition coefficient (Wildman–Crippen LogP) is 4.57. The van der Waals surface area contributed by atoms with Crippen LogP contribution in [0.4, 0.5) is 0 Å². The van der Waals surface area contributed by atoms with E-state index in [0.29, 0.717) is 33.6 Å². The van der Waals surface area contributed by atoms with Crippen LogP contribution in [0.5, 0.6) is 5.75 Å². The van der Waals surface area contributed by atoms with Gasteiger partial charge in [-0.25, -0.2) is 0 Å². The summed E-state index contributed by atoms with van der Waals surface area (Å²) in [5, 5.41) is 3.56. The van der Waals surface area contributed by atoms with Crippen LogP contribution in [0.25, 0.3) is 0 Å². The van der Waals surface area contributed by atoms with Crippen LogP contribution in [0, 0.1) is 11.3 Å². The Morgan fingerprint density at radius 2 is 1.80 bits per heavy atom. The molecule has 5 nitrogen and oxygen atoms in total. The molecule has 1 aliphatic heterocycles. The van der Waals surface area contributed by atoms with E-state index in [2.05, 4.69) is 5.32 Å². The number of ether oxygens (including phenoxy) is 1. The third-order valence-corrected chi connectivity index (χ3v) is 8.06. The van der Waals surface area contributed by atoms with Gasteiger partial charge in [-0.1, -0.05) is 30.9 Å². The Bertz CT molecular complexity index is 824. The number of benzene rings is 1. The summed E-state index contributed by atoms with van der Waals surface area (Å²) in [6.45, 7) is 1.52. The molecule has 1 aromatic carbocycles. The molecular formula is C24H31ClN2O3. The Balaban J connectivity index is 1.12. The Hall–Kier alpha value is -1.75. The van der Waals surface area contributed by atoms with E-state index in [0.717, 1.165) is 45.2 Å². The number of likely N-dealkylation sites (tertiary alicyclic amines) is 1. The molecule has 3 aliphatic carbocycles. The lowest BCUT2D eigenvalue weighted by Crippen LogP contribution is -2.43. The fourth-order valence-corrected chi connectivity index (χ4v) is 5.78. The van der Waals surface area contributed by atoms with Crippen molar-refractivity contribution < 1.29 is 14.3 Å². The van der Waals surface area contributed by atoms with Crippen molar-refractivity contribution in [2.24, 2.45) is 11.3 Å². The topological polar surface area (TPSA) is 58.6 Å². The lowest BCUT2D eigenvalue weighted by atomic mass is 9.79. The van der Waals surface area contributed by atoms with E-state index in [1.54, 1.807) is 18.2 Å². The van der Waals surface area contributed by atoms with Crippen LogP contribution in [-0.4, -0.2) is 41.9 Å². The summed E-state index contributed by atoms with van der Waals surface area (Å²) in [7, 11) is 0. The van der Waals surface area contributed by atoms with Crippen LogP contribution >= 0.6 is 11.6 Å². The highest BCUT2D eigenvalue weighted by Gasteiger charge is 2.61. The van der Waals surface area contributed by atoms with Crippen molar-refractivity contribution in [1.29, 1.82) is 0 Å². The fourth-order valence-electron chi connectivity index (χ4n) is 5.55. The molecule has 1 heterocycles. The molecule has 0 radical (unpaired) electrons. The number of piperidine rings is 1. The molecule has 162 valence electrons. The zero-order valence-electron chi connectivity index (χ0n) is 17.5. The molecule has 1 spiro atoms. The normalized spacial score (nSPS) is 25.8. The van der Waals surface area contributed by atoms with E-state index in [1.165, 1.54) is 32.1 Å². The first-order valence-electron chi connectivity index (χ1n) is 11.6. The van der Waals surface area contributed by atoms with Crippen molar-refractivity contribution in [3.8, 4) is 5.75 Å². The maximum atomic E-state index is 12.7. The SMILES string of the molecule is O=C(NC1CCCC1)c1ccc(OC2CCN(C(=O)C3CC34CCC4)CC2)c(Cl)c1. The van der Waals surface area contributed by atoms with Gasteiger partial charge < -0.3 is 15.0 Å². The second-order valence-electron chi connectivity index (χ2n) is 9.72. The van der Waals surface area contributed by atoms with Crippen LogP contribution in [0.2, 0.25) is 5.02 Å². The zero-order valence-corrected chi connectivity index (χ0v) is 18.3. The molecule has 5 rings (SSSR count). The summed E-state index contributed by atoms with van der Waals surface area (Å²) in [4.78, 5) is 27.2. The quantitative estimate of drug-likeness (QED) is 0.744. The Labute approximate surface area is 183 Å². The van der Waals surface area contributed by atoms with Crippen molar-refractivity contribution in [3.63, 3.8) is 0 Å². The highest BCUT2D eigenvalue weighted by molar-refractivity contribution is 6.32. The maximum absolute atomic E-state index is 12.7. The number of hydrogen-bond acceptors (Lipinski definition) is 3. The molecule has 1 aromatic rings. The van der Waals surface area contributed by atoms with E-state index < -0.39 is 0 Å². The molecule has 4 aliphatic rings. The van der Waals surface area contributed by atoms with Gasteiger partial charge in [0.15, 0.2) is 0 Å². The minimum Gasteiger partial charge on any atom is -0.489 e. The first-order chi connectivity index (χ1) is 14.5. The lowest BCUT2D eigenvalue weighted by Gasteiger charge is -2.34. The standard InChI is InChI=1S/C24H31ClN2O3/c25-20-14-16(22(28)26-17-4-1-2-5-17)6-7-21(20)30-18-8-12-27(13-9-18)23(29)19-15-24(19)10-3-11-24/h6-7,14,17-19H,1-5,8-13,15H2,(H,26,28). The fraction of sp³-hybridized carbons (Fsp3) is 0.667. The number of carbonyl (C=O) groups is 2. The van der Waals surface area contributed by atoms with Crippen LogP contribution in [0.1, 0.15) is 74.6 Å². The molecule has 1 unspecified atom stereocenters. The van der Waals surface area contributed by atoms with Gasteiger partial charge in [-0.05, 0) is 55.7 Å². The minimum absolute atomic E-state index is 0.0570. The largest absolute Gasteiger partial charge is 0.489 e. The van der Waals surface area contributed by atoms with Gasteiger partial charge in [0.05, 0.1) is 5.02 Å². The van der Waals surface area contributed by atoms with Gasteiger partial charge in [0.1, 0.15) is 11.9 Å². The van der Waals surface area contributed by atoms with Crippen LogP contribution in [0.3, 0.4) is 0 Å². The van der Waals surface area contributed by atoms with Crippen molar-refractivity contribution in [2.75, 3.05) is 13.1 Å². The summed E-state index contributed by atoms with van der Waals surface area (Å²) < 4.78 is 6.13. The molecule has 1 N–H and O–H groups in total.